The molecule has 0 aromatic carbocycles. The predicted octanol–water partition coefficient (Wildman–Crippen LogP) is 4.40. The van der Waals surface area contributed by atoms with Gasteiger partial charge in [-0.2, -0.15) is 0 Å². The first kappa shape index (κ1) is 27.0. The van der Waals surface area contributed by atoms with Gasteiger partial charge in [-0.15, -0.1) is 0 Å². The van der Waals surface area contributed by atoms with E-state index in [1.54, 1.807) is 0 Å². The van der Waals surface area contributed by atoms with Crippen molar-refractivity contribution in [2.75, 3.05) is 17.7 Å². The number of carbonyl (C=O) groups is 2. The molecule has 4 aromatic heterocycles. The molecule has 1 aliphatic rings. The number of alkyl halides is 2. The number of methoxy groups -OCH3 is 1. The van der Waals surface area contributed by atoms with Gasteiger partial charge in [0, 0.05) is 23.5 Å². The number of nitrogens with one attached hydrogen (secondary N) is 2. The fourth-order valence-electron chi connectivity index (χ4n) is 4.25. The number of aromatic nitrogens is 4. The number of carbonyl (C=O) groups excluding carboxylic acids is 2. The topological polar surface area (TPSA) is 128 Å². The zero-order valence-electron chi connectivity index (χ0n) is 21.1. The number of ether oxygens (including phenoxy) is 1. The van der Waals surface area contributed by atoms with Crippen LogP contribution in [0.5, 0.6) is 5.75 Å². The first-order valence-corrected chi connectivity index (χ1v) is 12.8. The molecular formula is C26H21F3N6O4S. The van der Waals surface area contributed by atoms with E-state index in [2.05, 4.69) is 25.6 Å². The maximum Gasteiger partial charge on any atom is 0.292 e. The molecule has 4 aromatic rings. The van der Waals surface area contributed by atoms with E-state index >= 15 is 0 Å². The highest BCUT2D eigenvalue weighted by Gasteiger charge is 2.26. The first-order valence-electron chi connectivity index (χ1n) is 11.9. The Hall–Kier alpha value is -4.59. The number of hydrogen-bond donors (Lipinski definition) is 2. The molecule has 0 saturated heterocycles. The van der Waals surface area contributed by atoms with Crippen molar-refractivity contribution in [3.05, 3.63) is 75.2 Å². The van der Waals surface area contributed by atoms with Crippen LogP contribution in [0, 0.1) is 5.82 Å². The van der Waals surface area contributed by atoms with E-state index in [9.17, 15) is 27.6 Å². The lowest BCUT2D eigenvalue weighted by molar-refractivity contribution is -0.117. The Bertz CT molecular complexity index is 1690. The van der Waals surface area contributed by atoms with Crippen LogP contribution in [0.3, 0.4) is 0 Å². The number of ketones is 1. The van der Waals surface area contributed by atoms with Crippen molar-refractivity contribution in [1.29, 1.82) is 0 Å². The average molecular weight is 571 g/mol. The van der Waals surface area contributed by atoms with E-state index in [1.165, 1.54) is 43.7 Å². The normalized spacial score (nSPS) is 14.4. The monoisotopic (exact) mass is 570 g/mol. The van der Waals surface area contributed by atoms with Crippen molar-refractivity contribution < 1.29 is 27.5 Å². The van der Waals surface area contributed by atoms with E-state index in [-0.39, 0.29) is 45.2 Å². The zero-order valence-corrected chi connectivity index (χ0v) is 21.9. The number of amides is 1. The van der Waals surface area contributed by atoms with Gasteiger partial charge in [0.25, 0.3) is 17.9 Å². The summed E-state index contributed by atoms with van der Waals surface area (Å²) in [5.41, 5.74) is -1.45. The van der Waals surface area contributed by atoms with Gasteiger partial charge < -0.3 is 10.1 Å². The van der Waals surface area contributed by atoms with Crippen molar-refractivity contribution >= 4 is 34.0 Å². The number of pyridine rings is 3. The smallest absolute Gasteiger partial charge is 0.292 e. The van der Waals surface area contributed by atoms with Crippen LogP contribution in [-0.4, -0.2) is 44.4 Å². The molecule has 1 atom stereocenters. The summed E-state index contributed by atoms with van der Waals surface area (Å²) in [5, 5.41) is 6.01. The summed E-state index contributed by atoms with van der Waals surface area (Å²) in [6, 6.07) is 4.30. The number of nitrogens with zero attached hydrogens (tertiary/aromatic N) is 4. The molecule has 14 heteroatoms. The number of fused-ring (bicyclic) bond motifs is 1. The van der Waals surface area contributed by atoms with Crippen molar-refractivity contribution in [3.8, 4) is 22.7 Å². The maximum atomic E-state index is 14.0. The molecule has 0 aliphatic carbocycles. The van der Waals surface area contributed by atoms with Crippen molar-refractivity contribution in [3.63, 3.8) is 0 Å². The number of aryl methyl sites for hydroxylation is 1. The molecule has 40 heavy (non-hydrogen) atoms. The van der Waals surface area contributed by atoms with Crippen LogP contribution in [0.1, 0.15) is 40.7 Å². The van der Waals surface area contributed by atoms with Crippen LogP contribution in [0.4, 0.5) is 24.1 Å². The third kappa shape index (κ3) is 5.17. The van der Waals surface area contributed by atoms with Crippen LogP contribution in [0.25, 0.3) is 16.9 Å². The Labute approximate surface area is 228 Å². The van der Waals surface area contributed by atoms with Crippen LogP contribution in [-0.2, 0) is 11.2 Å². The third-order valence-corrected chi connectivity index (χ3v) is 7.31. The van der Waals surface area contributed by atoms with Gasteiger partial charge in [0.05, 0.1) is 29.8 Å². The standard InChI is InChI=1S/C26H21F3N6O4S/c1-12(36)17-5-6-20-23(32-17)33-26(40-20)34-24(37)15-10-31-21(35-7-3-4-16(27)25(35)38)9-13(15)14-8-18(22(28)29)30-11-19(14)39-2/h3-4,7-11,17,22,32H,5-6H2,1-2H3,(H,33,34,37). The number of hydrogen-bond acceptors (Lipinski definition) is 9. The molecule has 2 N–H and O–H groups in total. The minimum atomic E-state index is -2.91. The average Bonchev–Trinajstić information content (AvgIpc) is 3.35. The van der Waals surface area contributed by atoms with Crippen LogP contribution < -0.4 is 20.9 Å². The minimum absolute atomic E-state index is 0.0214. The maximum absolute atomic E-state index is 14.0. The van der Waals surface area contributed by atoms with E-state index < -0.39 is 29.4 Å². The zero-order chi connectivity index (χ0) is 28.6. The summed E-state index contributed by atoms with van der Waals surface area (Å²) < 4.78 is 47.4. The van der Waals surface area contributed by atoms with Crippen molar-refractivity contribution in [2.24, 2.45) is 0 Å². The van der Waals surface area contributed by atoms with E-state index in [4.69, 9.17) is 4.74 Å². The van der Waals surface area contributed by atoms with Gasteiger partial charge in [-0.25, -0.2) is 23.1 Å². The van der Waals surface area contributed by atoms with Gasteiger partial charge >= 0.3 is 0 Å². The van der Waals surface area contributed by atoms with Gasteiger partial charge in [0.2, 0.25) is 0 Å². The Morgan fingerprint density at radius 2 is 2.02 bits per heavy atom. The molecule has 1 aliphatic heterocycles. The fourth-order valence-corrected chi connectivity index (χ4v) is 5.18. The summed E-state index contributed by atoms with van der Waals surface area (Å²) in [6.07, 6.45) is 1.82. The second-order valence-corrected chi connectivity index (χ2v) is 9.90. The summed E-state index contributed by atoms with van der Waals surface area (Å²) in [7, 11) is 1.31. The molecule has 0 saturated carbocycles. The highest BCUT2D eigenvalue weighted by atomic mass is 32.1. The lowest BCUT2D eigenvalue weighted by Crippen LogP contribution is -2.31. The molecule has 5 heterocycles. The van der Waals surface area contributed by atoms with E-state index in [0.29, 0.717) is 18.7 Å². The lowest BCUT2D eigenvalue weighted by Gasteiger charge is -2.20. The first-order chi connectivity index (χ1) is 19.2. The largest absolute Gasteiger partial charge is 0.494 e. The quantitative estimate of drug-likeness (QED) is 0.335. The predicted molar refractivity (Wildman–Crippen MR) is 141 cm³/mol. The number of rotatable bonds is 7. The summed E-state index contributed by atoms with van der Waals surface area (Å²) in [5.74, 6) is -1.20. The summed E-state index contributed by atoms with van der Waals surface area (Å²) in [4.78, 5) is 50.8. The summed E-state index contributed by atoms with van der Waals surface area (Å²) >= 11 is 1.23. The van der Waals surface area contributed by atoms with Crippen LogP contribution in [0.15, 0.2) is 47.7 Å². The fraction of sp³-hybridized carbons (Fsp3) is 0.231. The highest BCUT2D eigenvalue weighted by molar-refractivity contribution is 7.16. The second-order valence-electron chi connectivity index (χ2n) is 8.82. The molecule has 5 rings (SSSR count). The third-order valence-electron chi connectivity index (χ3n) is 6.28. The van der Waals surface area contributed by atoms with Crippen molar-refractivity contribution in [1.82, 2.24) is 19.5 Å². The van der Waals surface area contributed by atoms with Crippen LogP contribution in [0.2, 0.25) is 0 Å². The Kier molecular flexibility index (Phi) is 7.34. The number of Topliss-reactive ketones (excluding diaryl/α,β-unsaturated/α-hetero) is 1. The molecule has 206 valence electrons. The van der Waals surface area contributed by atoms with Gasteiger partial charge in [-0.05, 0) is 44.0 Å². The van der Waals surface area contributed by atoms with Gasteiger partial charge in [-0.1, -0.05) is 11.3 Å². The molecular weight excluding hydrogens is 549 g/mol. The van der Waals surface area contributed by atoms with E-state index in [1.807, 2.05) is 0 Å². The molecule has 0 spiro atoms. The van der Waals surface area contributed by atoms with Gasteiger partial charge in [-0.3, -0.25) is 29.3 Å². The van der Waals surface area contributed by atoms with Gasteiger partial charge in [0.1, 0.15) is 23.1 Å². The lowest BCUT2D eigenvalue weighted by atomic mass is 10.00. The minimum Gasteiger partial charge on any atom is -0.494 e. The van der Waals surface area contributed by atoms with Crippen molar-refractivity contribution in [2.45, 2.75) is 32.2 Å². The number of thiazole rings is 1. The Morgan fingerprint density at radius 3 is 2.75 bits per heavy atom. The molecule has 0 fully saturated rings. The Balaban J connectivity index is 1.59. The number of halogens is 3. The summed E-state index contributed by atoms with van der Waals surface area (Å²) in [6.45, 7) is 1.49. The highest BCUT2D eigenvalue weighted by Crippen LogP contribution is 2.37. The molecule has 1 unspecified atom stereocenters. The van der Waals surface area contributed by atoms with E-state index in [0.717, 1.165) is 34.0 Å². The molecule has 0 radical (unpaired) electrons. The molecule has 10 nitrogen and oxygen atoms in total. The molecule has 1 amide bonds. The second kappa shape index (κ2) is 10.9. The number of anilines is 2. The van der Waals surface area contributed by atoms with Crippen LogP contribution >= 0.6 is 11.3 Å². The Morgan fingerprint density at radius 1 is 1.23 bits per heavy atom. The molecule has 0 bridgehead atoms. The SMILES string of the molecule is COc1cnc(C(F)F)cc1-c1cc(-n2cccc(F)c2=O)ncc1C(=O)Nc1nc2c(s1)CCC(C(C)=O)N2. The van der Waals surface area contributed by atoms with Gasteiger partial charge in [0.15, 0.2) is 16.7 Å².